The van der Waals surface area contributed by atoms with Gasteiger partial charge in [-0.2, -0.15) is 13.2 Å². The Kier molecular flexibility index (Phi) is 4.91. The lowest BCUT2D eigenvalue weighted by Crippen LogP contribution is -2.20. The number of nitrogens with zero attached hydrogens (tertiary/aromatic N) is 1. The molecule has 1 rings (SSSR count). The summed E-state index contributed by atoms with van der Waals surface area (Å²) in [5.74, 6) is -0.801. The molecule has 0 atom stereocenters. The summed E-state index contributed by atoms with van der Waals surface area (Å²) in [6.07, 6.45) is -4.51. The van der Waals surface area contributed by atoms with E-state index in [1.54, 1.807) is 6.92 Å². The van der Waals surface area contributed by atoms with E-state index in [1.807, 2.05) is 0 Å². The zero-order valence-electron chi connectivity index (χ0n) is 10.1. The Balaban J connectivity index is 2.80. The van der Waals surface area contributed by atoms with Crippen LogP contribution in [0.5, 0.6) is 0 Å². The van der Waals surface area contributed by atoms with Crippen molar-refractivity contribution in [2.24, 2.45) is 5.16 Å². The zero-order chi connectivity index (χ0) is 14.5. The SMILES string of the molecule is CCOC(=O)C(Cc1ccc(C(F)(F)F)cc1)=NO. The van der Waals surface area contributed by atoms with Gasteiger partial charge >= 0.3 is 12.1 Å². The second-order valence-corrected chi connectivity index (χ2v) is 3.64. The van der Waals surface area contributed by atoms with Gasteiger partial charge in [0.15, 0.2) is 5.71 Å². The average Bonchev–Trinajstić information content (AvgIpc) is 2.35. The van der Waals surface area contributed by atoms with Gasteiger partial charge in [0, 0.05) is 6.42 Å². The molecule has 0 unspecified atom stereocenters. The van der Waals surface area contributed by atoms with Gasteiger partial charge in [-0.05, 0) is 24.6 Å². The van der Waals surface area contributed by atoms with Crippen molar-refractivity contribution < 1.29 is 27.9 Å². The summed E-state index contributed by atoms with van der Waals surface area (Å²) in [6, 6.07) is 4.23. The zero-order valence-corrected chi connectivity index (χ0v) is 10.1. The first-order valence-electron chi connectivity index (χ1n) is 5.42. The fraction of sp³-hybridized carbons (Fsp3) is 0.333. The van der Waals surface area contributed by atoms with Gasteiger partial charge in [-0.3, -0.25) is 0 Å². The highest BCUT2D eigenvalue weighted by Gasteiger charge is 2.30. The topological polar surface area (TPSA) is 58.9 Å². The van der Waals surface area contributed by atoms with E-state index in [0.717, 1.165) is 12.1 Å². The molecule has 0 spiro atoms. The summed E-state index contributed by atoms with van der Waals surface area (Å²) < 4.78 is 41.7. The van der Waals surface area contributed by atoms with Crippen LogP contribution in [-0.2, 0) is 22.1 Å². The van der Waals surface area contributed by atoms with E-state index in [-0.39, 0.29) is 18.7 Å². The van der Waals surface area contributed by atoms with E-state index in [9.17, 15) is 18.0 Å². The van der Waals surface area contributed by atoms with Crippen LogP contribution in [0.1, 0.15) is 18.1 Å². The molecule has 7 heteroatoms. The van der Waals surface area contributed by atoms with E-state index in [0.29, 0.717) is 5.56 Å². The van der Waals surface area contributed by atoms with Gasteiger partial charge in [0.1, 0.15) is 0 Å². The molecule has 0 fully saturated rings. The highest BCUT2D eigenvalue weighted by Crippen LogP contribution is 2.29. The summed E-state index contributed by atoms with van der Waals surface area (Å²) in [4.78, 5) is 11.3. The Morgan fingerprint density at radius 3 is 2.32 bits per heavy atom. The fourth-order valence-electron chi connectivity index (χ4n) is 1.37. The number of esters is 1. The molecule has 1 N–H and O–H groups in total. The lowest BCUT2D eigenvalue weighted by molar-refractivity contribution is -0.137. The maximum absolute atomic E-state index is 12.3. The number of hydrogen-bond donors (Lipinski definition) is 1. The molecule has 0 aromatic heterocycles. The molecule has 0 saturated heterocycles. The molecular formula is C12H12F3NO3. The Morgan fingerprint density at radius 1 is 1.32 bits per heavy atom. The molecule has 0 bridgehead atoms. The Hall–Kier alpha value is -2.05. The first-order chi connectivity index (χ1) is 8.88. The van der Waals surface area contributed by atoms with Crippen LogP contribution in [0, 0.1) is 0 Å². The molecule has 0 aliphatic carbocycles. The molecule has 104 valence electrons. The second-order valence-electron chi connectivity index (χ2n) is 3.64. The number of rotatable bonds is 4. The Bertz CT molecular complexity index is 466. The summed E-state index contributed by atoms with van der Waals surface area (Å²) >= 11 is 0. The summed E-state index contributed by atoms with van der Waals surface area (Å²) in [7, 11) is 0. The van der Waals surface area contributed by atoms with Crippen LogP contribution < -0.4 is 0 Å². The molecular weight excluding hydrogens is 263 g/mol. The molecule has 0 amide bonds. The molecule has 1 aromatic carbocycles. The predicted molar refractivity (Wildman–Crippen MR) is 61.0 cm³/mol. The molecule has 0 aliphatic rings. The van der Waals surface area contributed by atoms with Gasteiger partial charge in [0.05, 0.1) is 12.2 Å². The molecule has 0 heterocycles. The van der Waals surface area contributed by atoms with Crippen LogP contribution in [0.15, 0.2) is 29.4 Å². The van der Waals surface area contributed by atoms with Gasteiger partial charge in [-0.15, -0.1) is 0 Å². The second kappa shape index (κ2) is 6.21. The van der Waals surface area contributed by atoms with E-state index in [4.69, 9.17) is 5.21 Å². The van der Waals surface area contributed by atoms with E-state index < -0.39 is 17.7 Å². The van der Waals surface area contributed by atoms with Crippen molar-refractivity contribution >= 4 is 11.7 Å². The van der Waals surface area contributed by atoms with Gasteiger partial charge < -0.3 is 9.94 Å². The minimum absolute atomic E-state index is 0.104. The lowest BCUT2D eigenvalue weighted by Gasteiger charge is -2.08. The lowest BCUT2D eigenvalue weighted by atomic mass is 10.1. The third-order valence-corrected chi connectivity index (χ3v) is 2.28. The number of carbonyl (C=O) groups excluding carboxylic acids is 1. The normalized spacial score (nSPS) is 12.3. The number of oxime groups is 1. The van der Waals surface area contributed by atoms with Crippen LogP contribution in [-0.4, -0.2) is 23.5 Å². The summed E-state index contributed by atoms with van der Waals surface area (Å²) in [5, 5.41) is 11.5. The third-order valence-electron chi connectivity index (χ3n) is 2.28. The van der Waals surface area contributed by atoms with Gasteiger partial charge in [-0.1, -0.05) is 17.3 Å². The highest BCUT2D eigenvalue weighted by atomic mass is 19.4. The van der Waals surface area contributed by atoms with Crippen LogP contribution in [0.4, 0.5) is 13.2 Å². The number of hydrogen-bond acceptors (Lipinski definition) is 4. The quantitative estimate of drug-likeness (QED) is 0.398. The first kappa shape index (κ1) is 15.0. The number of benzene rings is 1. The van der Waals surface area contributed by atoms with Crippen molar-refractivity contribution in [2.45, 2.75) is 19.5 Å². The molecule has 19 heavy (non-hydrogen) atoms. The van der Waals surface area contributed by atoms with Crippen molar-refractivity contribution in [1.82, 2.24) is 0 Å². The van der Waals surface area contributed by atoms with Gasteiger partial charge in [-0.25, -0.2) is 4.79 Å². The monoisotopic (exact) mass is 275 g/mol. The predicted octanol–water partition coefficient (Wildman–Crippen LogP) is 2.64. The van der Waals surface area contributed by atoms with Crippen molar-refractivity contribution in [3.8, 4) is 0 Å². The molecule has 1 aromatic rings. The van der Waals surface area contributed by atoms with E-state index in [1.165, 1.54) is 12.1 Å². The Labute approximate surface area is 107 Å². The smallest absolute Gasteiger partial charge is 0.416 e. The first-order valence-corrected chi connectivity index (χ1v) is 5.42. The average molecular weight is 275 g/mol. The third kappa shape index (κ3) is 4.27. The van der Waals surface area contributed by atoms with Gasteiger partial charge in [0.2, 0.25) is 0 Å². The van der Waals surface area contributed by atoms with Crippen LogP contribution in [0.3, 0.4) is 0 Å². The van der Waals surface area contributed by atoms with Gasteiger partial charge in [0.25, 0.3) is 0 Å². The minimum Gasteiger partial charge on any atom is -0.461 e. The summed E-state index contributed by atoms with van der Waals surface area (Å²) in [5.41, 5.74) is -0.634. The van der Waals surface area contributed by atoms with Crippen LogP contribution >= 0.6 is 0 Å². The maximum atomic E-state index is 12.3. The van der Waals surface area contributed by atoms with E-state index in [2.05, 4.69) is 9.89 Å². The van der Waals surface area contributed by atoms with Crippen LogP contribution in [0.25, 0.3) is 0 Å². The maximum Gasteiger partial charge on any atom is 0.416 e. The minimum atomic E-state index is -4.41. The molecule has 0 radical (unpaired) electrons. The van der Waals surface area contributed by atoms with Crippen molar-refractivity contribution in [3.05, 3.63) is 35.4 Å². The molecule has 4 nitrogen and oxygen atoms in total. The fourth-order valence-corrected chi connectivity index (χ4v) is 1.37. The molecule has 0 saturated carbocycles. The van der Waals surface area contributed by atoms with Crippen LogP contribution in [0.2, 0.25) is 0 Å². The highest BCUT2D eigenvalue weighted by molar-refractivity contribution is 6.36. The largest absolute Gasteiger partial charge is 0.461 e. The van der Waals surface area contributed by atoms with Crippen molar-refractivity contribution in [1.29, 1.82) is 0 Å². The molecule has 0 aliphatic heterocycles. The van der Waals surface area contributed by atoms with E-state index >= 15 is 0 Å². The van der Waals surface area contributed by atoms with Crippen molar-refractivity contribution in [3.63, 3.8) is 0 Å². The number of ether oxygens (including phenoxy) is 1. The van der Waals surface area contributed by atoms with Crippen molar-refractivity contribution in [2.75, 3.05) is 6.61 Å². The summed E-state index contributed by atoms with van der Waals surface area (Å²) in [6.45, 7) is 1.70. The Morgan fingerprint density at radius 2 is 1.89 bits per heavy atom. The standard InChI is InChI=1S/C12H12F3NO3/c1-2-19-11(17)10(16-18)7-8-3-5-9(6-4-8)12(13,14)15/h3-6,18H,2,7H2,1H3. The number of carbonyl (C=O) groups is 1. The number of halogens is 3. The number of alkyl halides is 3.